The zero-order valence-corrected chi connectivity index (χ0v) is 16.4. The minimum atomic E-state index is -0.594. The van der Waals surface area contributed by atoms with Gasteiger partial charge in [0.2, 0.25) is 0 Å². The van der Waals surface area contributed by atoms with E-state index in [1.54, 1.807) is 28.8 Å². The molecule has 0 bridgehead atoms. The van der Waals surface area contributed by atoms with Gasteiger partial charge in [-0.25, -0.2) is 4.79 Å². The predicted octanol–water partition coefficient (Wildman–Crippen LogP) is 2.77. The first-order valence-electron chi connectivity index (χ1n) is 8.96. The Morgan fingerprint density at radius 1 is 1.24 bits per heavy atom. The molecule has 0 spiro atoms. The number of carbonyl (C=O) groups is 1. The number of hydrogen-bond donors (Lipinski definition) is 0. The molecule has 146 valence electrons. The smallest absolute Gasteiger partial charge is 0.420 e. The van der Waals surface area contributed by atoms with Gasteiger partial charge in [0, 0.05) is 0 Å². The number of amides is 1. The van der Waals surface area contributed by atoms with Crippen molar-refractivity contribution in [2.24, 2.45) is 4.99 Å². The van der Waals surface area contributed by atoms with Gasteiger partial charge >= 0.3 is 5.76 Å². The highest BCUT2D eigenvalue weighted by molar-refractivity contribution is 7.16. The van der Waals surface area contributed by atoms with Crippen molar-refractivity contribution < 1.29 is 13.9 Å². The maximum atomic E-state index is 12.6. The van der Waals surface area contributed by atoms with Gasteiger partial charge < -0.3 is 13.7 Å². The highest BCUT2D eigenvalue weighted by Gasteiger charge is 2.13. The van der Waals surface area contributed by atoms with Crippen molar-refractivity contribution >= 4 is 38.6 Å². The Hall–Kier alpha value is -3.57. The summed E-state index contributed by atoms with van der Waals surface area (Å²) in [5.41, 5.74) is 1.85. The second-order valence-electron chi connectivity index (χ2n) is 6.16. The molecule has 2 aromatic heterocycles. The average molecular weight is 407 g/mol. The van der Waals surface area contributed by atoms with E-state index in [9.17, 15) is 9.59 Å². The van der Waals surface area contributed by atoms with Crippen LogP contribution in [-0.2, 0) is 17.9 Å². The molecule has 2 heterocycles. The molecule has 0 atom stereocenters. The van der Waals surface area contributed by atoms with Gasteiger partial charge in [-0.2, -0.15) is 4.99 Å². The fraction of sp³-hybridized carbons (Fsp3) is 0.190. The molecule has 2 aromatic carbocycles. The summed E-state index contributed by atoms with van der Waals surface area (Å²) < 4.78 is 14.7. The highest BCUT2D eigenvalue weighted by atomic mass is 32.1. The normalized spacial score (nSPS) is 11.8. The lowest BCUT2D eigenvalue weighted by Gasteiger charge is -2.03. The molecule has 0 aliphatic heterocycles. The fourth-order valence-corrected chi connectivity index (χ4v) is 4.16. The summed E-state index contributed by atoms with van der Waals surface area (Å²) in [6.07, 6.45) is 5.50. The van der Waals surface area contributed by atoms with E-state index >= 15 is 0 Å². The van der Waals surface area contributed by atoms with Crippen molar-refractivity contribution in [3.63, 3.8) is 0 Å². The first kappa shape index (κ1) is 18.8. The Balaban J connectivity index is 1.75. The molecule has 0 aliphatic carbocycles. The van der Waals surface area contributed by atoms with Gasteiger partial charge in [0.1, 0.15) is 12.3 Å². The van der Waals surface area contributed by atoms with Crippen LogP contribution < -0.4 is 15.3 Å². The number of aromatic nitrogens is 2. The maximum absolute atomic E-state index is 12.6. The van der Waals surface area contributed by atoms with Crippen molar-refractivity contribution in [3.8, 4) is 18.1 Å². The lowest BCUT2D eigenvalue weighted by molar-refractivity contribution is -0.118. The molecule has 0 fully saturated rings. The summed E-state index contributed by atoms with van der Waals surface area (Å²) >= 11 is 1.34. The summed E-state index contributed by atoms with van der Waals surface area (Å²) in [7, 11) is 0. The van der Waals surface area contributed by atoms with Crippen LogP contribution in [0.25, 0.3) is 21.3 Å². The van der Waals surface area contributed by atoms with E-state index < -0.39 is 11.7 Å². The number of fused-ring (bicyclic) bond motifs is 2. The third-order valence-electron chi connectivity index (χ3n) is 4.30. The van der Waals surface area contributed by atoms with Gasteiger partial charge in [0.25, 0.3) is 5.91 Å². The van der Waals surface area contributed by atoms with Crippen LogP contribution in [0, 0.1) is 12.3 Å². The molecular formula is C21H17N3O4S. The number of rotatable bonds is 5. The van der Waals surface area contributed by atoms with E-state index in [0.29, 0.717) is 22.5 Å². The first-order valence-corrected chi connectivity index (χ1v) is 9.78. The SMILES string of the molecule is C#CCn1c(=NC(=O)Cn2c(=O)oc3ccccc32)sc2cc(OCC)ccc21. The van der Waals surface area contributed by atoms with Crippen molar-refractivity contribution in [1.82, 2.24) is 9.13 Å². The summed E-state index contributed by atoms with van der Waals surface area (Å²) in [5, 5.41) is 0. The molecule has 0 saturated heterocycles. The van der Waals surface area contributed by atoms with E-state index in [4.69, 9.17) is 15.6 Å². The van der Waals surface area contributed by atoms with E-state index in [2.05, 4.69) is 10.9 Å². The van der Waals surface area contributed by atoms with Crippen LogP contribution in [0.5, 0.6) is 5.75 Å². The monoisotopic (exact) mass is 407 g/mol. The number of hydrogen-bond acceptors (Lipinski definition) is 5. The highest BCUT2D eigenvalue weighted by Crippen LogP contribution is 2.23. The summed E-state index contributed by atoms with van der Waals surface area (Å²) in [4.78, 5) is 29.4. The fourth-order valence-electron chi connectivity index (χ4n) is 3.08. The molecule has 0 radical (unpaired) electrons. The molecule has 0 aliphatic rings. The zero-order valence-electron chi connectivity index (χ0n) is 15.6. The van der Waals surface area contributed by atoms with Crippen LogP contribution >= 0.6 is 11.3 Å². The summed E-state index contributed by atoms with van der Waals surface area (Å²) in [6.45, 7) is 2.53. The van der Waals surface area contributed by atoms with Crippen molar-refractivity contribution in [1.29, 1.82) is 0 Å². The van der Waals surface area contributed by atoms with Gasteiger partial charge in [-0.3, -0.25) is 9.36 Å². The van der Waals surface area contributed by atoms with Gasteiger partial charge in [-0.15, -0.1) is 6.42 Å². The number of terminal acetylenes is 1. The molecule has 4 rings (SSSR count). The van der Waals surface area contributed by atoms with Crippen LogP contribution in [0.1, 0.15) is 6.92 Å². The number of ether oxygens (including phenoxy) is 1. The minimum absolute atomic E-state index is 0.218. The van der Waals surface area contributed by atoms with Gasteiger partial charge in [0.15, 0.2) is 10.4 Å². The van der Waals surface area contributed by atoms with E-state index in [-0.39, 0.29) is 13.1 Å². The van der Waals surface area contributed by atoms with Crippen LogP contribution in [0.4, 0.5) is 0 Å². The second-order valence-corrected chi connectivity index (χ2v) is 7.17. The Morgan fingerprint density at radius 2 is 2.07 bits per heavy atom. The van der Waals surface area contributed by atoms with Crippen molar-refractivity contribution in [3.05, 3.63) is 57.8 Å². The molecule has 0 saturated carbocycles. The Bertz CT molecular complexity index is 1380. The van der Waals surface area contributed by atoms with Crippen LogP contribution in [0.3, 0.4) is 0 Å². The third kappa shape index (κ3) is 3.60. The van der Waals surface area contributed by atoms with Gasteiger partial charge in [-0.1, -0.05) is 29.4 Å². The zero-order chi connectivity index (χ0) is 20.4. The Kier molecular flexibility index (Phi) is 5.06. The largest absolute Gasteiger partial charge is 0.494 e. The number of oxazole rings is 1. The average Bonchev–Trinajstić information content (AvgIpc) is 3.19. The topological polar surface area (TPSA) is 78.7 Å². The lowest BCUT2D eigenvalue weighted by Crippen LogP contribution is -2.22. The van der Waals surface area contributed by atoms with E-state index in [0.717, 1.165) is 16.0 Å². The maximum Gasteiger partial charge on any atom is 0.420 e. The van der Waals surface area contributed by atoms with Crippen molar-refractivity contribution in [2.75, 3.05) is 6.61 Å². The second kappa shape index (κ2) is 7.81. The Labute approximate surface area is 169 Å². The molecule has 0 unspecified atom stereocenters. The number of carbonyl (C=O) groups excluding carboxylic acids is 1. The van der Waals surface area contributed by atoms with Crippen LogP contribution in [0.15, 0.2) is 56.7 Å². The van der Waals surface area contributed by atoms with Crippen LogP contribution in [-0.4, -0.2) is 21.6 Å². The minimum Gasteiger partial charge on any atom is -0.494 e. The molecule has 4 aromatic rings. The first-order chi connectivity index (χ1) is 14.1. The molecule has 7 nitrogen and oxygen atoms in total. The molecule has 29 heavy (non-hydrogen) atoms. The van der Waals surface area contributed by atoms with Crippen LogP contribution in [0.2, 0.25) is 0 Å². The molecular weight excluding hydrogens is 390 g/mol. The quantitative estimate of drug-likeness (QED) is 0.477. The molecule has 1 amide bonds. The predicted molar refractivity (Wildman–Crippen MR) is 111 cm³/mol. The van der Waals surface area contributed by atoms with E-state index in [1.807, 2.05) is 25.1 Å². The molecule has 8 heteroatoms. The number of thiazole rings is 1. The molecule has 0 N–H and O–H groups in total. The number of para-hydroxylation sites is 2. The number of nitrogens with zero attached hydrogens (tertiary/aromatic N) is 3. The Morgan fingerprint density at radius 3 is 2.86 bits per heavy atom. The van der Waals surface area contributed by atoms with Gasteiger partial charge in [0.05, 0.1) is 28.9 Å². The summed E-state index contributed by atoms with van der Waals surface area (Å²) in [6, 6.07) is 12.6. The van der Waals surface area contributed by atoms with E-state index in [1.165, 1.54) is 15.9 Å². The third-order valence-corrected chi connectivity index (χ3v) is 5.34. The summed E-state index contributed by atoms with van der Waals surface area (Å²) in [5.74, 6) is 2.27. The lowest BCUT2D eigenvalue weighted by atomic mass is 10.3. The number of benzene rings is 2. The standard InChI is InChI=1S/C21H17N3O4S/c1-3-11-23-16-10-9-14(27-4-2)12-18(16)29-20(23)22-19(25)13-24-15-7-5-6-8-17(15)28-21(24)26/h1,5-10,12H,4,11,13H2,2H3. The van der Waals surface area contributed by atoms with Crippen molar-refractivity contribution in [2.45, 2.75) is 20.0 Å². The van der Waals surface area contributed by atoms with Gasteiger partial charge in [-0.05, 0) is 37.3 Å².